The molecule has 0 aliphatic carbocycles. The Kier molecular flexibility index (Phi) is 6.12. The van der Waals surface area contributed by atoms with E-state index in [1.807, 2.05) is 42.5 Å². The molecule has 0 radical (unpaired) electrons. The number of rotatable bonds is 6. The van der Waals surface area contributed by atoms with Crippen LogP contribution in [0.2, 0.25) is 0 Å². The number of piperidine rings is 1. The van der Waals surface area contributed by atoms with Gasteiger partial charge in [0.05, 0.1) is 17.6 Å². The fraction of sp³-hybridized carbons (Fsp3) is 0.375. The van der Waals surface area contributed by atoms with Crippen molar-refractivity contribution in [3.63, 3.8) is 0 Å². The van der Waals surface area contributed by atoms with Crippen LogP contribution in [-0.2, 0) is 17.7 Å². The van der Waals surface area contributed by atoms with E-state index in [0.717, 1.165) is 17.5 Å². The van der Waals surface area contributed by atoms with Crippen LogP contribution in [-0.4, -0.2) is 46.0 Å². The van der Waals surface area contributed by atoms with Gasteiger partial charge in [-0.25, -0.2) is 9.78 Å². The van der Waals surface area contributed by atoms with E-state index in [0.29, 0.717) is 44.9 Å². The predicted molar refractivity (Wildman–Crippen MR) is 116 cm³/mol. The van der Waals surface area contributed by atoms with Crippen LogP contribution in [0.15, 0.2) is 54.6 Å². The molecule has 1 saturated heterocycles. The lowest BCUT2D eigenvalue weighted by Crippen LogP contribution is -2.41. The average Bonchev–Trinajstić information content (AvgIpc) is 3.17. The van der Waals surface area contributed by atoms with Gasteiger partial charge in [-0.3, -0.25) is 4.79 Å². The van der Waals surface area contributed by atoms with E-state index in [1.165, 1.54) is 5.56 Å². The van der Waals surface area contributed by atoms with E-state index in [2.05, 4.69) is 16.7 Å². The van der Waals surface area contributed by atoms with E-state index in [4.69, 9.17) is 9.72 Å². The molecule has 0 saturated carbocycles. The summed E-state index contributed by atoms with van der Waals surface area (Å²) in [6.45, 7) is 3.95. The summed E-state index contributed by atoms with van der Waals surface area (Å²) in [5.41, 5.74) is 3.06. The van der Waals surface area contributed by atoms with Crippen LogP contribution in [0.5, 0.6) is 0 Å². The Labute approximate surface area is 176 Å². The Morgan fingerprint density at radius 2 is 1.73 bits per heavy atom. The number of carbonyl (C=O) groups excluding carboxylic acids is 2. The van der Waals surface area contributed by atoms with Crippen LogP contribution < -0.4 is 0 Å². The zero-order chi connectivity index (χ0) is 20.9. The average molecular weight is 405 g/mol. The van der Waals surface area contributed by atoms with E-state index in [9.17, 15) is 9.59 Å². The fourth-order valence-corrected chi connectivity index (χ4v) is 4.10. The Hall–Kier alpha value is -3.15. The van der Waals surface area contributed by atoms with Gasteiger partial charge in [-0.2, -0.15) is 0 Å². The van der Waals surface area contributed by atoms with Crippen LogP contribution in [0.4, 0.5) is 4.79 Å². The van der Waals surface area contributed by atoms with Gasteiger partial charge in [-0.1, -0.05) is 42.5 Å². The van der Waals surface area contributed by atoms with E-state index in [-0.39, 0.29) is 17.8 Å². The summed E-state index contributed by atoms with van der Waals surface area (Å²) in [5, 5.41) is 0. The fourth-order valence-electron chi connectivity index (χ4n) is 4.10. The van der Waals surface area contributed by atoms with Gasteiger partial charge in [0.25, 0.3) is 0 Å². The van der Waals surface area contributed by atoms with E-state index < -0.39 is 0 Å². The van der Waals surface area contributed by atoms with E-state index in [1.54, 1.807) is 11.8 Å². The third-order valence-corrected chi connectivity index (χ3v) is 5.73. The van der Waals surface area contributed by atoms with Crippen molar-refractivity contribution in [1.29, 1.82) is 0 Å². The highest BCUT2D eigenvalue weighted by Crippen LogP contribution is 2.25. The third-order valence-electron chi connectivity index (χ3n) is 5.73. The number of nitrogens with zero attached hydrogens (tertiary/aromatic N) is 3. The van der Waals surface area contributed by atoms with Gasteiger partial charge in [-0.05, 0) is 43.9 Å². The van der Waals surface area contributed by atoms with Crippen molar-refractivity contribution >= 4 is 22.9 Å². The number of ketones is 1. The van der Waals surface area contributed by atoms with Gasteiger partial charge < -0.3 is 14.2 Å². The molecule has 0 spiro atoms. The smallest absolute Gasteiger partial charge is 0.409 e. The zero-order valence-electron chi connectivity index (χ0n) is 17.3. The number of hydrogen-bond donors (Lipinski definition) is 0. The molecular weight excluding hydrogens is 378 g/mol. The van der Waals surface area contributed by atoms with E-state index >= 15 is 0 Å². The Balaban J connectivity index is 1.53. The summed E-state index contributed by atoms with van der Waals surface area (Å²) in [4.78, 5) is 31.7. The number of aromatic nitrogens is 2. The van der Waals surface area contributed by atoms with Crippen molar-refractivity contribution in [3.8, 4) is 0 Å². The number of carbonyl (C=O) groups is 2. The molecule has 1 amide bonds. The van der Waals surface area contributed by atoms with Gasteiger partial charge in [0.1, 0.15) is 0 Å². The minimum absolute atomic E-state index is 0.0720. The second-order valence-electron chi connectivity index (χ2n) is 7.64. The molecule has 30 heavy (non-hydrogen) atoms. The first-order valence-corrected chi connectivity index (χ1v) is 10.6. The Morgan fingerprint density at radius 3 is 2.47 bits per heavy atom. The number of likely N-dealkylation sites (tertiary alicyclic amines) is 1. The maximum Gasteiger partial charge on any atom is 0.409 e. The highest BCUT2D eigenvalue weighted by atomic mass is 16.6. The van der Waals surface area contributed by atoms with Crippen LogP contribution in [0.25, 0.3) is 11.0 Å². The summed E-state index contributed by atoms with van der Waals surface area (Å²) in [6.07, 6.45) is 1.82. The maximum absolute atomic E-state index is 13.4. The molecule has 1 aromatic heterocycles. The number of amides is 1. The molecule has 6 heteroatoms. The third kappa shape index (κ3) is 4.22. The summed E-state index contributed by atoms with van der Waals surface area (Å²) in [7, 11) is 0. The monoisotopic (exact) mass is 405 g/mol. The van der Waals surface area contributed by atoms with Crippen LogP contribution in [0.3, 0.4) is 0 Å². The summed E-state index contributed by atoms with van der Waals surface area (Å²) in [6, 6.07) is 18.2. The maximum atomic E-state index is 13.4. The van der Waals surface area contributed by atoms with Crippen molar-refractivity contribution in [1.82, 2.24) is 14.5 Å². The van der Waals surface area contributed by atoms with Crippen molar-refractivity contribution in [2.24, 2.45) is 5.92 Å². The molecule has 0 N–H and O–H groups in total. The second kappa shape index (κ2) is 9.11. The predicted octanol–water partition coefficient (Wildman–Crippen LogP) is 4.33. The number of para-hydroxylation sites is 2. The number of Topliss-reactive ketones (excluding diaryl/α,β-unsaturated/α-hetero) is 1. The first-order chi connectivity index (χ1) is 14.7. The zero-order valence-corrected chi connectivity index (χ0v) is 17.3. The van der Waals surface area contributed by atoms with Crippen LogP contribution >= 0.6 is 0 Å². The highest BCUT2D eigenvalue weighted by molar-refractivity contribution is 5.98. The van der Waals surface area contributed by atoms with Crippen LogP contribution in [0, 0.1) is 5.92 Å². The number of imidazole rings is 1. The second-order valence-corrected chi connectivity index (χ2v) is 7.64. The van der Waals surface area contributed by atoms with Gasteiger partial charge in [0.2, 0.25) is 5.78 Å². The quantitative estimate of drug-likeness (QED) is 0.573. The molecule has 3 aromatic rings. The molecule has 0 bridgehead atoms. The largest absolute Gasteiger partial charge is 0.450 e. The molecule has 0 atom stereocenters. The molecule has 156 valence electrons. The first kappa shape index (κ1) is 20.1. The number of fused-ring (bicyclic) bond motifs is 1. The molecule has 0 unspecified atom stereocenters. The van der Waals surface area contributed by atoms with Gasteiger partial charge >= 0.3 is 6.09 Å². The van der Waals surface area contributed by atoms with Crippen molar-refractivity contribution in [2.45, 2.75) is 32.7 Å². The lowest BCUT2D eigenvalue weighted by Gasteiger charge is -2.30. The molecular formula is C24H27N3O3. The van der Waals surface area contributed by atoms with Crippen molar-refractivity contribution in [2.75, 3.05) is 19.7 Å². The molecule has 6 nitrogen and oxygen atoms in total. The van der Waals surface area contributed by atoms with Crippen molar-refractivity contribution in [3.05, 3.63) is 66.0 Å². The Morgan fingerprint density at radius 1 is 1.03 bits per heavy atom. The minimum atomic E-state index is -0.293. The van der Waals surface area contributed by atoms with Crippen LogP contribution in [0.1, 0.15) is 35.9 Å². The molecule has 1 fully saturated rings. The van der Waals surface area contributed by atoms with Gasteiger partial charge in [0, 0.05) is 25.6 Å². The van der Waals surface area contributed by atoms with Gasteiger partial charge in [0.15, 0.2) is 5.82 Å². The molecule has 2 aromatic carbocycles. The Bertz CT molecular complexity index is 1020. The SMILES string of the molecule is CCOC(=O)N1CCC(C(=O)c2nc3ccccc3n2CCc2ccccc2)CC1. The lowest BCUT2D eigenvalue weighted by atomic mass is 9.92. The minimum Gasteiger partial charge on any atom is -0.450 e. The normalized spacial score (nSPS) is 14.8. The number of ether oxygens (including phenoxy) is 1. The summed E-state index contributed by atoms with van der Waals surface area (Å²) in [5.74, 6) is 0.479. The molecule has 4 rings (SSSR count). The lowest BCUT2D eigenvalue weighted by molar-refractivity contribution is 0.0743. The number of benzene rings is 2. The standard InChI is InChI=1S/C24H27N3O3/c1-2-30-24(29)26-15-13-19(14-16-26)22(28)23-25-20-10-6-7-11-21(20)27(23)17-12-18-8-4-3-5-9-18/h3-11,19H,2,12-17H2,1H3. The van der Waals surface area contributed by atoms with Gasteiger partial charge in [-0.15, -0.1) is 0 Å². The van der Waals surface area contributed by atoms with Crippen molar-refractivity contribution < 1.29 is 14.3 Å². The topological polar surface area (TPSA) is 64.4 Å². The molecule has 1 aliphatic heterocycles. The molecule has 2 heterocycles. The summed E-state index contributed by atoms with van der Waals surface area (Å²) < 4.78 is 7.14. The number of aryl methyl sites for hydroxylation is 2. The summed E-state index contributed by atoms with van der Waals surface area (Å²) >= 11 is 0. The number of hydrogen-bond acceptors (Lipinski definition) is 4. The first-order valence-electron chi connectivity index (χ1n) is 10.6. The molecule has 1 aliphatic rings. The highest BCUT2D eigenvalue weighted by Gasteiger charge is 2.31.